The van der Waals surface area contributed by atoms with E-state index in [4.69, 9.17) is 21.1 Å². The second-order valence-corrected chi connectivity index (χ2v) is 9.71. The molecular formula is C25H29ClFN3O3. The summed E-state index contributed by atoms with van der Waals surface area (Å²) in [5, 5.41) is 0.349. The molecule has 176 valence electrons. The lowest BCUT2D eigenvalue weighted by Crippen LogP contribution is -2.48. The van der Waals surface area contributed by atoms with Gasteiger partial charge in [0.15, 0.2) is 0 Å². The summed E-state index contributed by atoms with van der Waals surface area (Å²) in [4.78, 5) is 19.1. The Kier molecular flexibility index (Phi) is 6.79. The minimum absolute atomic E-state index is 0.126. The van der Waals surface area contributed by atoms with Crippen LogP contribution in [-0.4, -0.2) is 45.3 Å². The number of imidazole rings is 1. The maximum Gasteiger partial charge on any atom is 0.410 e. The average molecular weight is 474 g/mol. The highest BCUT2D eigenvalue weighted by atomic mass is 35.5. The fraction of sp³-hybridized carbons (Fsp3) is 0.440. The van der Waals surface area contributed by atoms with Crippen molar-refractivity contribution in [2.24, 2.45) is 0 Å². The van der Waals surface area contributed by atoms with Crippen LogP contribution in [0, 0.1) is 5.82 Å². The van der Waals surface area contributed by atoms with Gasteiger partial charge in [-0.2, -0.15) is 4.98 Å². The first-order valence-electron chi connectivity index (χ1n) is 11.2. The monoisotopic (exact) mass is 473 g/mol. The molecule has 0 bridgehead atoms. The van der Waals surface area contributed by atoms with Gasteiger partial charge in [0.25, 0.3) is 6.01 Å². The molecule has 1 aliphatic heterocycles. The molecule has 0 radical (unpaired) electrons. The molecule has 1 amide bonds. The van der Waals surface area contributed by atoms with Crippen molar-refractivity contribution < 1.29 is 18.7 Å². The summed E-state index contributed by atoms with van der Waals surface area (Å²) in [5.74, 6) is -0.380. The second-order valence-electron chi connectivity index (χ2n) is 9.30. The number of amides is 1. The summed E-state index contributed by atoms with van der Waals surface area (Å²) in [7, 11) is 0. The number of hydrogen-bond donors (Lipinski definition) is 0. The van der Waals surface area contributed by atoms with Crippen LogP contribution in [0.1, 0.15) is 45.6 Å². The van der Waals surface area contributed by atoms with Crippen molar-refractivity contribution in [2.75, 3.05) is 13.2 Å². The van der Waals surface area contributed by atoms with Crippen LogP contribution in [0.15, 0.2) is 42.5 Å². The summed E-state index contributed by atoms with van der Waals surface area (Å²) in [6, 6.07) is 12.5. The topological polar surface area (TPSA) is 56.6 Å². The van der Waals surface area contributed by atoms with Crippen molar-refractivity contribution in [1.82, 2.24) is 14.5 Å². The highest BCUT2D eigenvalue weighted by Crippen LogP contribution is 2.28. The molecule has 0 aliphatic carbocycles. The predicted molar refractivity (Wildman–Crippen MR) is 126 cm³/mol. The Morgan fingerprint density at radius 3 is 2.73 bits per heavy atom. The van der Waals surface area contributed by atoms with Crippen molar-refractivity contribution in [3.05, 3.63) is 58.9 Å². The Balaban J connectivity index is 1.58. The van der Waals surface area contributed by atoms with Gasteiger partial charge >= 0.3 is 6.09 Å². The molecule has 33 heavy (non-hydrogen) atoms. The SMILES string of the molecule is CC(C)(C)OC(=O)N1CCCCC1COc1nc2ccccc2n1Cc1c(F)cccc1Cl. The normalized spacial score (nSPS) is 16.8. The third kappa shape index (κ3) is 5.41. The van der Waals surface area contributed by atoms with Crippen molar-refractivity contribution in [3.8, 4) is 6.01 Å². The summed E-state index contributed by atoms with van der Waals surface area (Å²) < 4.78 is 28.1. The number of piperidine rings is 1. The number of hydrogen-bond acceptors (Lipinski definition) is 4. The van der Waals surface area contributed by atoms with Crippen LogP contribution in [0.5, 0.6) is 6.01 Å². The zero-order chi connectivity index (χ0) is 23.6. The van der Waals surface area contributed by atoms with E-state index in [-0.39, 0.29) is 31.1 Å². The standard InChI is InChI=1S/C25H29ClFN3O3/c1-25(2,3)33-24(31)29-14-7-6-9-17(29)16-32-23-28-21-12-4-5-13-22(21)30(23)15-18-19(26)10-8-11-20(18)27/h4-5,8,10-13,17H,6-7,9,14-16H2,1-3H3. The maximum absolute atomic E-state index is 14.5. The van der Waals surface area contributed by atoms with Gasteiger partial charge in [-0.15, -0.1) is 0 Å². The van der Waals surface area contributed by atoms with E-state index in [1.807, 2.05) is 49.6 Å². The third-order valence-corrected chi connectivity index (χ3v) is 6.01. The summed E-state index contributed by atoms with van der Waals surface area (Å²) in [6.45, 7) is 6.66. The molecule has 1 saturated heterocycles. The highest BCUT2D eigenvalue weighted by molar-refractivity contribution is 6.31. The van der Waals surface area contributed by atoms with E-state index in [1.165, 1.54) is 6.07 Å². The van der Waals surface area contributed by atoms with Gasteiger partial charge in [0.05, 0.1) is 23.6 Å². The fourth-order valence-electron chi connectivity index (χ4n) is 4.06. The first kappa shape index (κ1) is 23.4. The molecule has 1 unspecified atom stereocenters. The Hall–Kier alpha value is -2.80. The lowest BCUT2D eigenvalue weighted by atomic mass is 10.0. The Labute approximate surface area is 198 Å². The zero-order valence-corrected chi connectivity index (χ0v) is 19.9. The van der Waals surface area contributed by atoms with E-state index in [1.54, 1.807) is 17.0 Å². The van der Waals surface area contributed by atoms with E-state index in [0.29, 0.717) is 23.1 Å². The summed E-state index contributed by atoms with van der Waals surface area (Å²) >= 11 is 6.28. The van der Waals surface area contributed by atoms with Crippen LogP contribution in [-0.2, 0) is 11.3 Å². The highest BCUT2D eigenvalue weighted by Gasteiger charge is 2.31. The number of halogens is 2. The molecule has 0 N–H and O–H groups in total. The number of para-hydroxylation sites is 2. The molecule has 1 aromatic heterocycles. The van der Waals surface area contributed by atoms with Gasteiger partial charge in [-0.05, 0) is 64.3 Å². The number of fused-ring (bicyclic) bond motifs is 1. The van der Waals surface area contributed by atoms with E-state index in [0.717, 1.165) is 30.3 Å². The number of carbonyl (C=O) groups is 1. The van der Waals surface area contributed by atoms with Gasteiger partial charge in [0.2, 0.25) is 0 Å². The van der Waals surface area contributed by atoms with Gasteiger partial charge in [-0.25, -0.2) is 9.18 Å². The molecule has 0 saturated carbocycles. The molecule has 8 heteroatoms. The minimum atomic E-state index is -0.563. The number of nitrogens with zero attached hydrogens (tertiary/aromatic N) is 3. The maximum atomic E-state index is 14.5. The van der Waals surface area contributed by atoms with E-state index < -0.39 is 5.60 Å². The molecule has 2 heterocycles. The first-order valence-corrected chi connectivity index (χ1v) is 11.6. The Morgan fingerprint density at radius 1 is 1.18 bits per heavy atom. The number of aromatic nitrogens is 2. The quantitative estimate of drug-likeness (QED) is 0.453. The molecule has 6 nitrogen and oxygen atoms in total. The summed E-state index contributed by atoms with van der Waals surface area (Å²) in [6.07, 6.45) is 2.43. The molecule has 0 spiro atoms. The van der Waals surface area contributed by atoms with Gasteiger partial charge in [0.1, 0.15) is 18.0 Å². The predicted octanol–water partition coefficient (Wildman–Crippen LogP) is 6.05. The lowest BCUT2D eigenvalue weighted by Gasteiger charge is -2.36. The smallest absolute Gasteiger partial charge is 0.410 e. The lowest BCUT2D eigenvalue weighted by molar-refractivity contribution is 0.00290. The van der Waals surface area contributed by atoms with Crippen molar-refractivity contribution in [3.63, 3.8) is 0 Å². The number of benzene rings is 2. The van der Waals surface area contributed by atoms with E-state index in [9.17, 15) is 9.18 Å². The number of likely N-dealkylation sites (tertiary alicyclic amines) is 1. The van der Waals surface area contributed by atoms with Crippen molar-refractivity contribution in [1.29, 1.82) is 0 Å². The van der Waals surface area contributed by atoms with Crippen LogP contribution in [0.25, 0.3) is 11.0 Å². The number of ether oxygens (including phenoxy) is 2. The van der Waals surface area contributed by atoms with Crippen LogP contribution in [0.3, 0.4) is 0 Å². The van der Waals surface area contributed by atoms with Crippen LogP contribution in [0.4, 0.5) is 9.18 Å². The average Bonchev–Trinajstić information content (AvgIpc) is 3.11. The van der Waals surface area contributed by atoms with Gasteiger partial charge in [-0.3, -0.25) is 4.57 Å². The largest absolute Gasteiger partial charge is 0.462 e. The van der Waals surface area contributed by atoms with Crippen LogP contribution >= 0.6 is 11.6 Å². The number of carbonyl (C=O) groups excluding carboxylic acids is 1. The molecule has 1 atom stereocenters. The molecule has 4 rings (SSSR count). The minimum Gasteiger partial charge on any atom is -0.462 e. The molecular weight excluding hydrogens is 445 g/mol. The van der Waals surface area contributed by atoms with Gasteiger partial charge in [-0.1, -0.05) is 29.8 Å². The van der Waals surface area contributed by atoms with E-state index in [2.05, 4.69) is 4.98 Å². The second kappa shape index (κ2) is 9.59. The fourth-order valence-corrected chi connectivity index (χ4v) is 4.29. The summed E-state index contributed by atoms with van der Waals surface area (Å²) in [5.41, 5.74) is 1.37. The molecule has 3 aromatic rings. The van der Waals surface area contributed by atoms with Crippen LogP contribution < -0.4 is 4.74 Å². The van der Waals surface area contributed by atoms with Gasteiger partial charge in [0, 0.05) is 17.1 Å². The first-order chi connectivity index (χ1) is 15.7. The Bertz CT molecular complexity index is 1120. The molecule has 1 aliphatic rings. The molecule has 1 fully saturated rings. The van der Waals surface area contributed by atoms with Gasteiger partial charge < -0.3 is 14.4 Å². The third-order valence-electron chi connectivity index (χ3n) is 5.66. The van der Waals surface area contributed by atoms with Crippen LogP contribution in [0.2, 0.25) is 5.02 Å². The van der Waals surface area contributed by atoms with Crippen molar-refractivity contribution >= 4 is 28.7 Å². The Morgan fingerprint density at radius 2 is 1.97 bits per heavy atom. The van der Waals surface area contributed by atoms with Crippen molar-refractivity contribution in [2.45, 2.75) is 58.2 Å². The zero-order valence-electron chi connectivity index (χ0n) is 19.2. The van der Waals surface area contributed by atoms with E-state index >= 15 is 0 Å². The molecule has 2 aromatic carbocycles. The number of rotatable bonds is 5.